The van der Waals surface area contributed by atoms with Crippen LogP contribution in [0, 0.1) is 0 Å². The smallest absolute Gasteiger partial charge is 0.870 e. The summed E-state index contributed by atoms with van der Waals surface area (Å²) in [5.74, 6) is 0. The molecule has 0 saturated heterocycles. The van der Waals surface area contributed by atoms with Gasteiger partial charge in [0, 0.05) is 10.4 Å². The summed E-state index contributed by atoms with van der Waals surface area (Å²) >= 11 is 0. The normalized spacial score (nSPS) is 6.44. The molecule has 0 aliphatic carbocycles. The third-order valence-corrected chi connectivity index (χ3v) is 0. The van der Waals surface area contributed by atoms with Crippen LogP contribution in [0.4, 0.5) is 0 Å². The van der Waals surface area contributed by atoms with Crippen LogP contribution in [-0.2, 0) is 27.5 Å². The molecule has 0 spiro atoms. The van der Waals surface area contributed by atoms with Crippen molar-refractivity contribution in [2.75, 3.05) is 0 Å². The Labute approximate surface area is 92.7 Å². The van der Waals surface area contributed by atoms with Gasteiger partial charge in [-0.05, 0) is 0 Å². The van der Waals surface area contributed by atoms with E-state index in [0.717, 1.165) is 0 Å². The Balaban J connectivity index is -0.0000000133. The Kier molecular flexibility index (Phi) is 42.5. The van der Waals surface area contributed by atoms with Crippen LogP contribution in [0.2, 0.25) is 0 Å². The van der Waals surface area contributed by atoms with Gasteiger partial charge in [0.15, 0.2) is 0 Å². The fraction of sp³-hybridized carbons (Fsp3) is 0. The molecule has 0 heterocycles. The summed E-state index contributed by atoms with van der Waals surface area (Å²) in [6, 6.07) is 0. The average molecular weight is 234 g/mol. The van der Waals surface area contributed by atoms with Crippen LogP contribution in [0.5, 0.6) is 0 Å². The molecule has 0 bridgehead atoms. The van der Waals surface area contributed by atoms with E-state index in [1.165, 1.54) is 0 Å². The predicted molar refractivity (Wildman–Crippen MR) is 20.1 cm³/mol. The van der Waals surface area contributed by atoms with Gasteiger partial charge >= 0.3 is 54.8 Å². The Morgan fingerprint density at radius 3 is 1.00 bits per heavy atom. The zero-order valence-corrected chi connectivity index (χ0v) is 7.91. The van der Waals surface area contributed by atoms with Crippen molar-refractivity contribution in [1.29, 1.82) is 0 Å². The van der Waals surface area contributed by atoms with Crippen molar-refractivity contribution in [2.45, 2.75) is 0 Å². The van der Waals surface area contributed by atoms with E-state index in [0.29, 0.717) is 0 Å². The SMILES string of the molecule is O=S(=O)([O-])[O-].[Ca+2].[Cu+2].[OH-].[OH-]. The standard InChI is InChI=1S/Ca.Cu.H2O4S.2H2O/c;;1-5(2,3)4;;/h;;(H2,1,2,3,4);2*1H2/q2*+2;;;/p-4. The summed E-state index contributed by atoms with van der Waals surface area (Å²) in [4.78, 5) is 0. The van der Waals surface area contributed by atoms with E-state index in [-0.39, 0.29) is 65.8 Å². The van der Waals surface area contributed by atoms with Gasteiger partial charge in [0.1, 0.15) is 0 Å². The molecule has 0 aromatic rings. The van der Waals surface area contributed by atoms with Gasteiger partial charge in [-0.2, -0.15) is 0 Å². The van der Waals surface area contributed by atoms with Gasteiger partial charge in [-0.15, -0.1) is 0 Å². The second-order valence-electron chi connectivity index (χ2n) is 0.408. The van der Waals surface area contributed by atoms with Crippen LogP contribution in [-0.4, -0.2) is 66.2 Å². The molecule has 0 saturated carbocycles. The van der Waals surface area contributed by atoms with Crippen LogP contribution in [0.15, 0.2) is 0 Å². The zero-order valence-electron chi connectivity index (χ0n) is 3.94. The van der Waals surface area contributed by atoms with Crippen LogP contribution in [0.25, 0.3) is 0 Å². The first-order valence-corrected chi connectivity index (χ1v) is 2.00. The number of hydrogen-bond acceptors (Lipinski definition) is 6. The molecule has 1 radical (unpaired) electrons. The summed E-state index contributed by atoms with van der Waals surface area (Å²) in [6.45, 7) is 0. The van der Waals surface area contributed by atoms with E-state index in [1.807, 2.05) is 0 Å². The molecule has 2 N–H and O–H groups in total. The quantitative estimate of drug-likeness (QED) is 0.267. The van der Waals surface area contributed by atoms with Gasteiger partial charge in [-0.1, -0.05) is 0 Å². The first kappa shape index (κ1) is 31.2. The van der Waals surface area contributed by atoms with Gasteiger partial charge in [-0.25, -0.2) is 0 Å². The summed E-state index contributed by atoms with van der Waals surface area (Å²) in [7, 11) is -5.17. The number of hydrogen-bond donors (Lipinski definition) is 0. The van der Waals surface area contributed by atoms with E-state index < -0.39 is 10.4 Å². The third-order valence-electron chi connectivity index (χ3n) is 0. The van der Waals surface area contributed by atoms with Gasteiger partial charge in [0.05, 0.1) is 0 Å². The first-order chi connectivity index (χ1) is 2.00. The van der Waals surface area contributed by atoms with Crippen molar-refractivity contribution in [3.05, 3.63) is 0 Å². The van der Waals surface area contributed by atoms with Gasteiger partial charge in [0.2, 0.25) is 0 Å². The topological polar surface area (TPSA) is 140 Å². The number of rotatable bonds is 0. The maximum Gasteiger partial charge on any atom is 2.00 e. The molecule has 0 aromatic heterocycles. The maximum atomic E-state index is 8.52. The van der Waals surface area contributed by atoms with Crippen LogP contribution in [0.1, 0.15) is 0 Å². The van der Waals surface area contributed by atoms with Gasteiger partial charge < -0.3 is 20.1 Å². The van der Waals surface area contributed by atoms with E-state index in [2.05, 4.69) is 0 Å². The van der Waals surface area contributed by atoms with Crippen LogP contribution >= 0.6 is 0 Å². The monoisotopic (exact) mass is 233 g/mol. The molecule has 0 aliphatic rings. The molecular formula is H2CaCuO6S. The molecule has 0 fully saturated rings. The van der Waals surface area contributed by atoms with Crippen molar-refractivity contribution in [2.24, 2.45) is 0 Å². The average Bonchev–Trinajstić information content (AvgIpc) is 0.722. The molecular weight excluding hydrogens is 232 g/mol. The molecule has 0 unspecified atom stereocenters. The molecule has 57 valence electrons. The van der Waals surface area contributed by atoms with E-state index >= 15 is 0 Å². The van der Waals surface area contributed by atoms with E-state index in [4.69, 9.17) is 17.5 Å². The Hall–Kier alpha value is 1.57. The fourth-order valence-electron chi connectivity index (χ4n) is 0. The fourth-order valence-corrected chi connectivity index (χ4v) is 0. The second-order valence-corrected chi connectivity index (χ2v) is 1.22. The molecule has 0 atom stereocenters. The third kappa shape index (κ3) is 223. The van der Waals surface area contributed by atoms with Crippen LogP contribution < -0.4 is 0 Å². The maximum absolute atomic E-state index is 8.52. The minimum Gasteiger partial charge on any atom is -0.870 e. The summed E-state index contributed by atoms with van der Waals surface area (Å²) in [6.07, 6.45) is 0. The second kappa shape index (κ2) is 12.3. The Morgan fingerprint density at radius 2 is 1.00 bits per heavy atom. The van der Waals surface area contributed by atoms with Gasteiger partial charge in [0.25, 0.3) is 0 Å². The minimum absolute atomic E-state index is 0. The van der Waals surface area contributed by atoms with E-state index in [1.54, 1.807) is 0 Å². The molecule has 6 nitrogen and oxygen atoms in total. The largest absolute Gasteiger partial charge is 2.00 e. The van der Waals surface area contributed by atoms with Crippen LogP contribution in [0.3, 0.4) is 0 Å². The molecule has 0 rings (SSSR count). The van der Waals surface area contributed by atoms with E-state index in [9.17, 15) is 0 Å². The molecule has 0 aliphatic heterocycles. The summed E-state index contributed by atoms with van der Waals surface area (Å²) < 4.78 is 34.1. The summed E-state index contributed by atoms with van der Waals surface area (Å²) in [5.41, 5.74) is 0. The Morgan fingerprint density at radius 1 is 1.00 bits per heavy atom. The zero-order chi connectivity index (χ0) is 4.50. The van der Waals surface area contributed by atoms with Crippen molar-refractivity contribution in [3.63, 3.8) is 0 Å². The minimum atomic E-state index is -5.17. The first-order valence-electron chi connectivity index (χ1n) is 0.667. The van der Waals surface area contributed by atoms with Gasteiger partial charge in [-0.3, -0.25) is 8.42 Å². The molecule has 0 amide bonds. The molecule has 0 aromatic carbocycles. The predicted octanol–water partition coefficient (Wildman–Crippen LogP) is -2.07. The van der Waals surface area contributed by atoms with Crippen molar-refractivity contribution >= 4 is 48.1 Å². The van der Waals surface area contributed by atoms with Crippen molar-refractivity contribution in [1.82, 2.24) is 0 Å². The molecule has 9 heteroatoms. The van der Waals surface area contributed by atoms with Crippen molar-refractivity contribution < 1.29 is 45.5 Å². The molecule has 9 heavy (non-hydrogen) atoms. The Bertz CT molecular complexity index is 96.2. The summed E-state index contributed by atoms with van der Waals surface area (Å²) in [5, 5.41) is 0. The van der Waals surface area contributed by atoms with Crippen molar-refractivity contribution in [3.8, 4) is 0 Å².